The summed E-state index contributed by atoms with van der Waals surface area (Å²) in [5, 5.41) is 1.12. The Balaban J connectivity index is 1.24. The van der Waals surface area contributed by atoms with E-state index in [1.54, 1.807) is 19.2 Å². The van der Waals surface area contributed by atoms with Gasteiger partial charge in [0.25, 0.3) is 0 Å². The van der Waals surface area contributed by atoms with E-state index < -0.39 is 0 Å². The monoisotopic (exact) mass is 399 g/mol. The largest absolute Gasteiger partial charge is 0.493 e. The van der Waals surface area contributed by atoms with Crippen LogP contribution < -0.4 is 9.47 Å². The molecule has 1 aromatic heterocycles. The minimum atomic E-state index is -0.189. The van der Waals surface area contributed by atoms with Crippen LogP contribution in [0.4, 0.5) is 4.39 Å². The molecule has 6 heteroatoms. The van der Waals surface area contributed by atoms with Crippen molar-refractivity contribution in [3.05, 3.63) is 54.0 Å². The van der Waals surface area contributed by atoms with Crippen LogP contribution in [-0.4, -0.2) is 42.6 Å². The van der Waals surface area contributed by atoms with Gasteiger partial charge in [-0.2, -0.15) is 4.37 Å². The fourth-order valence-electron chi connectivity index (χ4n) is 3.81. The van der Waals surface area contributed by atoms with Gasteiger partial charge in [0.2, 0.25) is 0 Å². The molecule has 0 saturated carbocycles. The van der Waals surface area contributed by atoms with Crippen molar-refractivity contribution in [2.75, 3.05) is 33.4 Å². The third-order valence-electron chi connectivity index (χ3n) is 5.32. The number of hydrogen-bond donors (Lipinski definition) is 0. The molecule has 1 radical (unpaired) electrons. The molecule has 0 bridgehead atoms. The lowest BCUT2D eigenvalue weighted by molar-refractivity contribution is 0.191. The molecule has 4 rings (SSSR count). The Morgan fingerprint density at radius 2 is 2.11 bits per heavy atom. The van der Waals surface area contributed by atoms with Crippen LogP contribution >= 0.6 is 11.5 Å². The zero-order valence-corrected chi connectivity index (χ0v) is 16.8. The number of nitrogens with zero attached hydrogens (tertiary/aromatic N) is 2. The van der Waals surface area contributed by atoms with Gasteiger partial charge in [0.1, 0.15) is 5.82 Å². The summed E-state index contributed by atoms with van der Waals surface area (Å²) in [6.45, 7) is 3.82. The summed E-state index contributed by atoms with van der Waals surface area (Å²) in [6.07, 6.45) is 3.17. The van der Waals surface area contributed by atoms with Gasteiger partial charge >= 0.3 is 0 Å². The highest BCUT2D eigenvalue weighted by Gasteiger charge is 2.24. The molecule has 0 amide bonds. The summed E-state index contributed by atoms with van der Waals surface area (Å²) < 4.78 is 30.1. The summed E-state index contributed by atoms with van der Waals surface area (Å²) in [4.78, 5) is 2.49. The molecule has 3 aromatic rings. The molecule has 4 nitrogen and oxygen atoms in total. The number of fused-ring (bicyclic) bond motifs is 1. The highest BCUT2D eigenvalue weighted by atomic mass is 32.1. The molecule has 0 spiro atoms. The van der Waals surface area contributed by atoms with Gasteiger partial charge in [0.05, 0.1) is 24.1 Å². The highest BCUT2D eigenvalue weighted by Crippen LogP contribution is 2.34. The average molecular weight is 400 g/mol. The van der Waals surface area contributed by atoms with E-state index in [0.717, 1.165) is 66.2 Å². The number of halogens is 1. The number of ether oxygens (including phenoxy) is 2. The first-order valence-corrected chi connectivity index (χ1v) is 10.5. The third kappa shape index (κ3) is 4.28. The number of benzene rings is 2. The summed E-state index contributed by atoms with van der Waals surface area (Å²) in [7, 11) is 1.64. The van der Waals surface area contributed by atoms with Crippen LogP contribution in [0.2, 0.25) is 0 Å². The summed E-state index contributed by atoms with van der Waals surface area (Å²) in [6, 6.07) is 13.5. The van der Waals surface area contributed by atoms with Crippen LogP contribution in [0.25, 0.3) is 10.1 Å². The lowest BCUT2D eigenvalue weighted by Crippen LogP contribution is -2.34. The molecule has 0 unspecified atom stereocenters. The smallest absolute Gasteiger partial charge is 0.161 e. The Hall–Kier alpha value is -2.18. The highest BCUT2D eigenvalue weighted by molar-refractivity contribution is 7.13. The molecular weight excluding hydrogens is 375 g/mol. The fourth-order valence-corrected chi connectivity index (χ4v) is 4.69. The second-order valence-electron chi connectivity index (χ2n) is 7.10. The van der Waals surface area contributed by atoms with Gasteiger partial charge in [-0.05, 0) is 80.3 Å². The second-order valence-corrected chi connectivity index (χ2v) is 7.91. The van der Waals surface area contributed by atoms with E-state index in [2.05, 4.69) is 15.3 Å². The van der Waals surface area contributed by atoms with Gasteiger partial charge in [0.15, 0.2) is 11.5 Å². The second kappa shape index (κ2) is 8.88. The molecule has 1 aliphatic heterocycles. The topological polar surface area (TPSA) is 34.6 Å². The summed E-state index contributed by atoms with van der Waals surface area (Å²) in [5.74, 6) is 1.77. The summed E-state index contributed by atoms with van der Waals surface area (Å²) in [5.41, 5.74) is 1.15. The maximum absolute atomic E-state index is 13.4. The number of rotatable bonds is 7. The minimum absolute atomic E-state index is 0.189. The van der Waals surface area contributed by atoms with Crippen LogP contribution in [0.1, 0.15) is 30.9 Å². The maximum Gasteiger partial charge on any atom is 0.161 e. The Kier molecular flexibility index (Phi) is 6.07. The Morgan fingerprint density at radius 3 is 2.93 bits per heavy atom. The van der Waals surface area contributed by atoms with Crippen molar-refractivity contribution in [3.8, 4) is 11.5 Å². The van der Waals surface area contributed by atoms with E-state index in [1.807, 2.05) is 18.2 Å². The van der Waals surface area contributed by atoms with Crippen molar-refractivity contribution < 1.29 is 13.9 Å². The SMILES string of the molecule is COc1c[c]ccc1OCCCN1CCC(c2nsc3cc(F)ccc23)CC1. The predicted octanol–water partition coefficient (Wildman–Crippen LogP) is 4.89. The van der Waals surface area contributed by atoms with E-state index in [1.165, 1.54) is 17.6 Å². The van der Waals surface area contributed by atoms with Gasteiger partial charge in [-0.3, -0.25) is 0 Å². The lowest BCUT2D eigenvalue weighted by Gasteiger charge is -2.31. The maximum atomic E-state index is 13.4. The van der Waals surface area contributed by atoms with Crippen molar-refractivity contribution in [1.82, 2.24) is 9.27 Å². The molecule has 1 aliphatic rings. The van der Waals surface area contributed by atoms with E-state index in [9.17, 15) is 4.39 Å². The Labute approximate surface area is 169 Å². The van der Waals surface area contributed by atoms with Crippen molar-refractivity contribution in [2.45, 2.75) is 25.2 Å². The number of likely N-dealkylation sites (tertiary alicyclic amines) is 1. The standard InChI is InChI=1S/C22H24FN2O2S/c1-26-19-5-2-3-6-20(19)27-14-4-11-25-12-9-16(10-13-25)22-18-8-7-17(23)15-21(18)28-24-22/h3,5-8,15-16H,4,9-14H2,1H3. The van der Waals surface area contributed by atoms with Crippen LogP contribution in [0.3, 0.4) is 0 Å². The molecule has 28 heavy (non-hydrogen) atoms. The van der Waals surface area contributed by atoms with E-state index in [0.29, 0.717) is 12.5 Å². The Morgan fingerprint density at radius 1 is 1.25 bits per heavy atom. The molecule has 0 atom stereocenters. The molecule has 2 heterocycles. The van der Waals surface area contributed by atoms with Gasteiger partial charge < -0.3 is 14.4 Å². The number of methoxy groups -OCH3 is 1. The zero-order valence-electron chi connectivity index (χ0n) is 16.0. The zero-order chi connectivity index (χ0) is 19.3. The Bertz CT molecular complexity index is 922. The van der Waals surface area contributed by atoms with Crippen LogP contribution in [0.5, 0.6) is 11.5 Å². The molecule has 0 N–H and O–H groups in total. The van der Waals surface area contributed by atoms with Crippen LogP contribution in [0, 0.1) is 11.9 Å². The van der Waals surface area contributed by atoms with Crippen molar-refractivity contribution in [1.29, 1.82) is 0 Å². The van der Waals surface area contributed by atoms with Crippen LogP contribution in [-0.2, 0) is 0 Å². The first kappa shape index (κ1) is 19.2. The first-order valence-electron chi connectivity index (χ1n) is 9.68. The molecular formula is C22H24FN2O2S. The molecule has 0 aliphatic carbocycles. The van der Waals surface area contributed by atoms with Gasteiger partial charge in [0, 0.05) is 17.8 Å². The van der Waals surface area contributed by atoms with E-state index >= 15 is 0 Å². The van der Waals surface area contributed by atoms with Crippen molar-refractivity contribution in [3.63, 3.8) is 0 Å². The summed E-state index contributed by atoms with van der Waals surface area (Å²) >= 11 is 1.41. The number of hydrogen-bond acceptors (Lipinski definition) is 5. The molecule has 1 fully saturated rings. The number of piperidine rings is 1. The van der Waals surface area contributed by atoms with E-state index in [-0.39, 0.29) is 5.82 Å². The first-order chi connectivity index (χ1) is 13.7. The molecule has 147 valence electrons. The average Bonchev–Trinajstić information content (AvgIpc) is 3.15. The van der Waals surface area contributed by atoms with Crippen molar-refractivity contribution >= 4 is 21.6 Å². The lowest BCUT2D eigenvalue weighted by atomic mass is 9.91. The van der Waals surface area contributed by atoms with Gasteiger partial charge in [-0.15, -0.1) is 0 Å². The molecule has 1 saturated heterocycles. The molecule has 2 aromatic carbocycles. The third-order valence-corrected chi connectivity index (χ3v) is 6.14. The van der Waals surface area contributed by atoms with E-state index in [4.69, 9.17) is 9.47 Å². The van der Waals surface area contributed by atoms with Crippen molar-refractivity contribution in [2.24, 2.45) is 0 Å². The fraction of sp³-hybridized carbons (Fsp3) is 0.409. The predicted molar refractivity (Wildman–Crippen MR) is 110 cm³/mol. The van der Waals surface area contributed by atoms with Crippen LogP contribution in [0.15, 0.2) is 36.4 Å². The van der Waals surface area contributed by atoms with Gasteiger partial charge in [-0.1, -0.05) is 6.07 Å². The normalized spacial score (nSPS) is 15.8. The van der Waals surface area contributed by atoms with Gasteiger partial charge in [-0.25, -0.2) is 4.39 Å². The number of aromatic nitrogens is 1. The minimum Gasteiger partial charge on any atom is -0.493 e. The quantitative estimate of drug-likeness (QED) is 0.530.